The van der Waals surface area contributed by atoms with Crippen LogP contribution in [-0.2, 0) is 23.9 Å². The Morgan fingerprint density at radius 2 is 1.25 bits per heavy atom. The second kappa shape index (κ2) is 13.1. The Kier molecular flexibility index (Phi) is 12.5. The van der Waals surface area contributed by atoms with Crippen LogP contribution in [0.5, 0.6) is 0 Å². The Bertz CT molecular complexity index is 490. The lowest BCUT2D eigenvalue weighted by Crippen LogP contribution is -2.33. The summed E-state index contributed by atoms with van der Waals surface area (Å²) < 4.78 is 10.3. The molecule has 0 bridgehead atoms. The number of amides is 1. The van der Waals surface area contributed by atoms with E-state index in [1.165, 1.54) is 0 Å². The number of thioether (sulfide) groups is 2. The van der Waals surface area contributed by atoms with Gasteiger partial charge in [-0.3, -0.25) is 14.4 Å². The van der Waals surface area contributed by atoms with Gasteiger partial charge in [0, 0.05) is 37.3 Å². The lowest BCUT2D eigenvalue weighted by atomic mass is 10.2. The molecule has 0 fully saturated rings. The van der Waals surface area contributed by atoms with Crippen molar-refractivity contribution in [3.63, 3.8) is 0 Å². The van der Waals surface area contributed by atoms with Gasteiger partial charge in [-0.1, -0.05) is 23.5 Å². The van der Waals surface area contributed by atoms with E-state index in [1.54, 1.807) is 20.8 Å². The lowest BCUT2D eigenvalue weighted by Gasteiger charge is -2.19. The van der Waals surface area contributed by atoms with Gasteiger partial charge in [0.15, 0.2) is 10.2 Å². The third-order valence-electron chi connectivity index (χ3n) is 2.77. The number of esters is 1. The highest BCUT2D eigenvalue weighted by molar-refractivity contribution is 8.14. The molecular formula is C19H33NO6S2. The summed E-state index contributed by atoms with van der Waals surface area (Å²) in [5, 5.41) is 2.42. The summed E-state index contributed by atoms with van der Waals surface area (Å²) in [6.45, 7) is 11.1. The largest absolute Gasteiger partial charge is 0.460 e. The number of nitrogens with one attached hydrogen (secondary N) is 1. The maximum absolute atomic E-state index is 11.8. The van der Waals surface area contributed by atoms with Crippen LogP contribution < -0.4 is 5.32 Å². The summed E-state index contributed by atoms with van der Waals surface area (Å²) in [5.74, 6) is 0.682. The predicted octanol–water partition coefficient (Wildman–Crippen LogP) is 3.93. The minimum atomic E-state index is -0.558. The first-order valence-corrected chi connectivity index (χ1v) is 11.3. The van der Waals surface area contributed by atoms with Crippen LogP contribution >= 0.6 is 23.5 Å². The van der Waals surface area contributed by atoms with E-state index < -0.39 is 17.3 Å². The smallest absolute Gasteiger partial charge is 0.407 e. The maximum Gasteiger partial charge on any atom is 0.407 e. The molecule has 0 aromatic rings. The molecule has 7 nitrogen and oxygen atoms in total. The molecule has 0 saturated carbocycles. The van der Waals surface area contributed by atoms with Crippen LogP contribution in [0.4, 0.5) is 4.79 Å². The molecule has 162 valence electrons. The van der Waals surface area contributed by atoms with Gasteiger partial charge in [0.05, 0.1) is 0 Å². The number of carbonyl (C=O) groups excluding carboxylic acids is 4. The summed E-state index contributed by atoms with van der Waals surface area (Å²) in [5.41, 5.74) is -1.06. The van der Waals surface area contributed by atoms with Crippen molar-refractivity contribution < 1.29 is 28.7 Å². The zero-order valence-corrected chi connectivity index (χ0v) is 19.3. The summed E-state index contributed by atoms with van der Waals surface area (Å²) >= 11 is 2.22. The van der Waals surface area contributed by atoms with Gasteiger partial charge < -0.3 is 14.8 Å². The summed E-state index contributed by atoms with van der Waals surface area (Å²) in [7, 11) is 0. The number of rotatable bonds is 10. The fraction of sp³-hybridized carbons (Fsp3) is 0.789. The highest BCUT2D eigenvalue weighted by Crippen LogP contribution is 2.15. The van der Waals surface area contributed by atoms with Gasteiger partial charge in [-0.05, 0) is 48.0 Å². The molecule has 0 unspecified atom stereocenters. The molecule has 0 radical (unpaired) electrons. The topological polar surface area (TPSA) is 98.8 Å². The molecular weight excluding hydrogens is 402 g/mol. The van der Waals surface area contributed by atoms with E-state index >= 15 is 0 Å². The molecule has 9 heteroatoms. The van der Waals surface area contributed by atoms with Crippen molar-refractivity contribution in [1.29, 1.82) is 0 Å². The summed E-state index contributed by atoms with van der Waals surface area (Å²) in [6, 6.07) is 0. The first-order chi connectivity index (χ1) is 12.8. The van der Waals surface area contributed by atoms with Crippen molar-refractivity contribution in [3.8, 4) is 0 Å². The van der Waals surface area contributed by atoms with Crippen molar-refractivity contribution in [2.24, 2.45) is 0 Å². The van der Waals surface area contributed by atoms with Crippen LogP contribution in [0.2, 0.25) is 0 Å². The number of hydrogen-bond acceptors (Lipinski definition) is 8. The molecule has 28 heavy (non-hydrogen) atoms. The molecule has 0 aromatic heterocycles. The Morgan fingerprint density at radius 3 is 1.75 bits per heavy atom. The van der Waals surface area contributed by atoms with Crippen molar-refractivity contribution in [2.75, 3.05) is 18.1 Å². The van der Waals surface area contributed by atoms with Crippen LogP contribution in [0.1, 0.15) is 67.2 Å². The molecule has 0 aromatic carbocycles. The van der Waals surface area contributed by atoms with E-state index in [-0.39, 0.29) is 35.5 Å². The monoisotopic (exact) mass is 435 g/mol. The molecule has 0 saturated heterocycles. The quantitative estimate of drug-likeness (QED) is 0.407. The third kappa shape index (κ3) is 18.2. The zero-order chi connectivity index (χ0) is 21.8. The first kappa shape index (κ1) is 26.8. The van der Waals surface area contributed by atoms with Gasteiger partial charge in [-0.25, -0.2) is 4.79 Å². The normalized spacial score (nSPS) is 11.6. The number of alkyl carbamates (subject to hydrolysis) is 1. The fourth-order valence-electron chi connectivity index (χ4n) is 1.78. The van der Waals surface area contributed by atoms with Gasteiger partial charge in [0.25, 0.3) is 0 Å². The van der Waals surface area contributed by atoms with Crippen LogP contribution in [0.15, 0.2) is 0 Å². The van der Waals surface area contributed by atoms with Crippen molar-refractivity contribution in [1.82, 2.24) is 5.32 Å². The maximum atomic E-state index is 11.8. The fourth-order valence-corrected chi connectivity index (χ4v) is 3.22. The van der Waals surface area contributed by atoms with Gasteiger partial charge in [-0.2, -0.15) is 0 Å². The molecule has 0 rings (SSSR count). The van der Waals surface area contributed by atoms with Gasteiger partial charge in [-0.15, -0.1) is 0 Å². The molecule has 0 spiro atoms. The Labute approximate surface area is 176 Å². The lowest BCUT2D eigenvalue weighted by molar-refractivity contribution is -0.154. The van der Waals surface area contributed by atoms with E-state index in [0.717, 1.165) is 23.5 Å². The Balaban J connectivity index is 3.72. The van der Waals surface area contributed by atoms with Gasteiger partial charge in [0.1, 0.15) is 11.2 Å². The molecule has 0 heterocycles. The highest BCUT2D eigenvalue weighted by atomic mass is 32.2. The molecule has 0 aliphatic heterocycles. The van der Waals surface area contributed by atoms with E-state index in [2.05, 4.69) is 5.32 Å². The van der Waals surface area contributed by atoms with Crippen LogP contribution in [0, 0.1) is 0 Å². The zero-order valence-electron chi connectivity index (χ0n) is 17.7. The van der Waals surface area contributed by atoms with E-state index in [4.69, 9.17) is 9.47 Å². The SMILES string of the molecule is CC(C)(C)OC(=O)CCCSC(=O)CCC(=O)SCCNC(=O)OC(C)(C)C. The molecule has 0 aliphatic rings. The minimum Gasteiger partial charge on any atom is -0.460 e. The second-order valence-electron chi connectivity index (χ2n) is 8.06. The molecule has 0 aliphatic carbocycles. The van der Waals surface area contributed by atoms with E-state index in [9.17, 15) is 19.2 Å². The van der Waals surface area contributed by atoms with Crippen LogP contribution in [0.25, 0.3) is 0 Å². The number of carbonyl (C=O) groups is 4. The van der Waals surface area contributed by atoms with E-state index in [0.29, 0.717) is 24.5 Å². The minimum absolute atomic E-state index is 0.0648. The van der Waals surface area contributed by atoms with Crippen molar-refractivity contribution in [3.05, 3.63) is 0 Å². The molecule has 1 amide bonds. The standard InChI is InChI=1S/C19H33NO6S2/c1-18(2,3)25-14(21)8-7-12-27-15(22)9-10-16(23)28-13-11-20-17(24)26-19(4,5)6/h7-13H2,1-6H3,(H,20,24). The molecule has 1 N–H and O–H groups in total. The average molecular weight is 436 g/mol. The Morgan fingerprint density at radius 1 is 0.750 bits per heavy atom. The number of hydrogen-bond donors (Lipinski definition) is 1. The number of ether oxygens (including phenoxy) is 2. The van der Waals surface area contributed by atoms with Crippen LogP contribution in [0.3, 0.4) is 0 Å². The van der Waals surface area contributed by atoms with Crippen molar-refractivity contribution in [2.45, 2.75) is 78.4 Å². The predicted molar refractivity (Wildman–Crippen MR) is 113 cm³/mol. The third-order valence-corrected chi connectivity index (χ3v) is 4.73. The van der Waals surface area contributed by atoms with E-state index in [1.807, 2.05) is 20.8 Å². The van der Waals surface area contributed by atoms with Crippen molar-refractivity contribution >= 4 is 45.8 Å². The Hall–Kier alpha value is -1.22. The molecule has 0 atom stereocenters. The second-order valence-corrected chi connectivity index (χ2v) is 10.4. The summed E-state index contributed by atoms with van der Waals surface area (Å²) in [6.07, 6.45) is 0.650. The van der Waals surface area contributed by atoms with Gasteiger partial charge in [0.2, 0.25) is 0 Å². The highest BCUT2D eigenvalue weighted by Gasteiger charge is 2.17. The van der Waals surface area contributed by atoms with Gasteiger partial charge >= 0.3 is 12.1 Å². The van der Waals surface area contributed by atoms with Crippen LogP contribution in [-0.4, -0.2) is 51.5 Å². The average Bonchev–Trinajstić information content (AvgIpc) is 2.50. The first-order valence-electron chi connectivity index (χ1n) is 9.28. The summed E-state index contributed by atoms with van der Waals surface area (Å²) in [4.78, 5) is 46.6.